The summed E-state index contributed by atoms with van der Waals surface area (Å²) in [6.45, 7) is 5.08. The standard InChI is InChI=1S/C19H23N3O4S/c1-9-10(2)27-19(13(9)17(20)23)21-18-14-11(5-6-22(18)3)7-12-15(16(14)24-4)26-8-25-12/h7,18,21H,5-6,8H2,1-4H3,(H2,20,23)/p+1/t18-/m1/s1. The molecule has 0 spiro atoms. The minimum Gasteiger partial charge on any atom is -0.492 e. The fourth-order valence-corrected chi connectivity index (χ4v) is 4.97. The number of hydrogen-bond donors (Lipinski definition) is 3. The number of carbonyl (C=O) groups is 1. The Morgan fingerprint density at radius 1 is 1.41 bits per heavy atom. The number of anilines is 1. The van der Waals surface area contributed by atoms with Crippen LogP contribution in [-0.2, 0) is 6.42 Å². The fourth-order valence-electron chi connectivity index (χ4n) is 3.88. The summed E-state index contributed by atoms with van der Waals surface area (Å²) >= 11 is 1.56. The van der Waals surface area contributed by atoms with Gasteiger partial charge in [-0.15, -0.1) is 11.3 Å². The second-order valence-electron chi connectivity index (χ2n) is 6.99. The Bertz CT molecular complexity index is 924. The van der Waals surface area contributed by atoms with Crippen LogP contribution in [0.4, 0.5) is 5.00 Å². The van der Waals surface area contributed by atoms with Crippen LogP contribution in [0.2, 0.25) is 0 Å². The molecule has 1 unspecified atom stereocenters. The average Bonchev–Trinajstić information content (AvgIpc) is 3.20. The summed E-state index contributed by atoms with van der Waals surface area (Å²) in [4.78, 5) is 14.4. The first-order valence-corrected chi connectivity index (χ1v) is 9.72. The number of quaternary nitrogens is 1. The van der Waals surface area contributed by atoms with E-state index in [2.05, 4.69) is 12.4 Å². The van der Waals surface area contributed by atoms with Gasteiger partial charge in [0.1, 0.15) is 5.00 Å². The third kappa shape index (κ3) is 2.80. The van der Waals surface area contributed by atoms with Crippen molar-refractivity contribution >= 4 is 22.2 Å². The van der Waals surface area contributed by atoms with E-state index < -0.39 is 5.91 Å². The molecule has 2 aliphatic heterocycles. The van der Waals surface area contributed by atoms with Crippen LogP contribution in [0, 0.1) is 13.8 Å². The largest absolute Gasteiger partial charge is 0.492 e. The van der Waals surface area contributed by atoms with Crippen molar-refractivity contribution in [3.05, 3.63) is 33.2 Å². The van der Waals surface area contributed by atoms with Crippen LogP contribution in [0.5, 0.6) is 17.2 Å². The second kappa shape index (κ2) is 6.61. The highest BCUT2D eigenvalue weighted by Gasteiger charge is 2.37. The molecule has 2 atom stereocenters. The number of methoxy groups -OCH3 is 1. The number of carbonyl (C=O) groups excluding carboxylic acids is 1. The Kier molecular flexibility index (Phi) is 4.39. The van der Waals surface area contributed by atoms with Gasteiger partial charge in [-0.2, -0.15) is 0 Å². The van der Waals surface area contributed by atoms with E-state index in [0.29, 0.717) is 17.1 Å². The molecule has 0 saturated heterocycles. The van der Waals surface area contributed by atoms with Gasteiger partial charge in [0.2, 0.25) is 12.5 Å². The van der Waals surface area contributed by atoms with E-state index in [1.54, 1.807) is 18.4 Å². The Morgan fingerprint density at radius 3 is 2.89 bits per heavy atom. The molecule has 8 heteroatoms. The Morgan fingerprint density at radius 2 is 2.19 bits per heavy atom. The number of primary amides is 1. The molecule has 2 aromatic rings. The smallest absolute Gasteiger partial charge is 0.251 e. The molecule has 3 heterocycles. The van der Waals surface area contributed by atoms with Gasteiger partial charge in [-0.05, 0) is 31.0 Å². The minimum atomic E-state index is -0.411. The predicted octanol–water partition coefficient (Wildman–Crippen LogP) is 1.38. The lowest BCUT2D eigenvalue weighted by Gasteiger charge is -2.33. The van der Waals surface area contributed by atoms with E-state index in [1.807, 2.05) is 19.9 Å². The number of amides is 1. The molecule has 27 heavy (non-hydrogen) atoms. The van der Waals surface area contributed by atoms with Crippen molar-refractivity contribution in [1.82, 2.24) is 0 Å². The van der Waals surface area contributed by atoms with E-state index in [0.717, 1.165) is 39.7 Å². The third-order valence-electron chi connectivity index (χ3n) is 5.43. The molecule has 0 saturated carbocycles. The molecule has 1 aromatic carbocycles. The maximum atomic E-state index is 12.0. The molecule has 144 valence electrons. The van der Waals surface area contributed by atoms with Crippen LogP contribution in [0.25, 0.3) is 0 Å². The van der Waals surface area contributed by atoms with Crippen LogP contribution >= 0.6 is 11.3 Å². The quantitative estimate of drug-likeness (QED) is 0.734. The molecule has 1 amide bonds. The summed E-state index contributed by atoms with van der Waals surface area (Å²) in [6.07, 6.45) is 0.825. The van der Waals surface area contributed by atoms with Crippen LogP contribution in [0.3, 0.4) is 0 Å². The lowest BCUT2D eigenvalue weighted by atomic mass is 9.95. The molecule has 4 N–H and O–H groups in total. The molecular formula is C19H24N3O4S+. The first kappa shape index (κ1) is 17.9. The highest BCUT2D eigenvalue weighted by Crippen LogP contribution is 2.47. The van der Waals surface area contributed by atoms with Crippen molar-refractivity contribution in [1.29, 1.82) is 0 Å². The first-order chi connectivity index (χ1) is 12.9. The topological polar surface area (TPSA) is 87.2 Å². The summed E-state index contributed by atoms with van der Waals surface area (Å²) in [7, 11) is 3.77. The van der Waals surface area contributed by atoms with Gasteiger partial charge in [0.15, 0.2) is 17.7 Å². The van der Waals surface area contributed by atoms with Gasteiger partial charge in [0, 0.05) is 11.3 Å². The number of ether oxygens (including phenoxy) is 3. The number of thiophene rings is 1. The van der Waals surface area contributed by atoms with Gasteiger partial charge in [-0.1, -0.05) is 0 Å². The van der Waals surface area contributed by atoms with Crippen molar-refractivity contribution < 1.29 is 23.9 Å². The van der Waals surface area contributed by atoms with Crippen molar-refractivity contribution in [3.8, 4) is 17.2 Å². The summed E-state index contributed by atoms with van der Waals surface area (Å²) < 4.78 is 17.0. The van der Waals surface area contributed by atoms with Gasteiger partial charge in [-0.25, -0.2) is 0 Å². The number of likely N-dealkylation sites (N-methyl/N-ethyl adjacent to an activating group) is 1. The summed E-state index contributed by atoms with van der Waals surface area (Å²) in [6, 6.07) is 2.04. The zero-order chi connectivity index (χ0) is 19.3. The zero-order valence-electron chi connectivity index (χ0n) is 15.9. The molecular weight excluding hydrogens is 366 g/mol. The van der Waals surface area contributed by atoms with E-state index in [1.165, 1.54) is 10.5 Å². The van der Waals surface area contributed by atoms with E-state index in [4.69, 9.17) is 19.9 Å². The molecule has 0 radical (unpaired) electrons. The molecule has 0 bridgehead atoms. The van der Waals surface area contributed by atoms with Crippen LogP contribution in [0.1, 0.15) is 38.1 Å². The number of rotatable bonds is 4. The molecule has 4 rings (SSSR count). The van der Waals surface area contributed by atoms with Gasteiger partial charge in [0.25, 0.3) is 5.91 Å². The first-order valence-electron chi connectivity index (χ1n) is 8.90. The summed E-state index contributed by atoms with van der Waals surface area (Å²) in [5.74, 6) is 1.66. The maximum Gasteiger partial charge on any atom is 0.251 e. The SMILES string of the molecule is COc1c2c(cc3c1[C@H](Nc1sc(C)c(C)c1C(N)=O)[NH+](C)CC3)OCO2. The normalized spacial score (nSPS) is 20.3. The van der Waals surface area contributed by atoms with E-state index >= 15 is 0 Å². The Labute approximate surface area is 162 Å². The highest BCUT2D eigenvalue weighted by molar-refractivity contribution is 7.16. The van der Waals surface area contributed by atoms with Gasteiger partial charge < -0.3 is 30.2 Å². The number of nitrogens with one attached hydrogen (secondary N) is 2. The third-order valence-corrected chi connectivity index (χ3v) is 6.56. The van der Waals surface area contributed by atoms with Crippen LogP contribution in [0.15, 0.2) is 6.07 Å². The Balaban J connectivity index is 1.82. The predicted molar refractivity (Wildman–Crippen MR) is 103 cm³/mol. The second-order valence-corrected chi connectivity index (χ2v) is 8.22. The van der Waals surface area contributed by atoms with E-state index in [-0.39, 0.29) is 13.0 Å². The fraction of sp³-hybridized carbons (Fsp3) is 0.421. The van der Waals surface area contributed by atoms with Gasteiger partial charge in [-0.3, -0.25) is 4.79 Å². The zero-order valence-corrected chi connectivity index (χ0v) is 16.7. The molecule has 0 aliphatic carbocycles. The minimum absolute atomic E-state index is 0.0891. The monoisotopic (exact) mass is 390 g/mol. The molecule has 7 nitrogen and oxygen atoms in total. The number of hydrogen-bond acceptors (Lipinski definition) is 6. The van der Waals surface area contributed by atoms with Crippen LogP contribution < -0.4 is 30.2 Å². The molecule has 2 aliphatic rings. The van der Waals surface area contributed by atoms with Crippen LogP contribution in [-0.4, -0.2) is 33.4 Å². The highest BCUT2D eigenvalue weighted by atomic mass is 32.1. The molecule has 0 fully saturated rings. The van der Waals surface area contributed by atoms with Crippen molar-refractivity contribution in [3.63, 3.8) is 0 Å². The van der Waals surface area contributed by atoms with Crippen molar-refractivity contribution in [2.24, 2.45) is 5.73 Å². The number of aryl methyl sites for hydroxylation is 1. The maximum absolute atomic E-state index is 12.0. The Hall–Kier alpha value is -2.45. The molecule has 1 aromatic heterocycles. The van der Waals surface area contributed by atoms with Crippen molar-refractivity contribution in [2.75, 3.05) is 32.8 Å². The van der Waals surface area contributed by atoms with Gasteiger partial charge in [0.05, 0.1) is 31.8 Å². The number of fused-ring (bicyclic) bond motifs is 2. The number of benzene rings is 1. The number of nitrogens with two attached hydrogens (primary N) is 1. The lowest BCUT2D eigenvalue weighted by molar-refractivity contribution is -0.910. The summed E-state index contributed by atoms with van der Waals surface area (Å²) in [5, 5.41) is 4.37. The summed E-state index contributed by atoms with van der Waals surface area (Å²) in [5.41, 5.74) is 9.37. The van der Waals surface area contributed by atoms with Gasteiger partial charge >= 0.3 is 0 Å². The van der Waals surface area contributed by atoms with E-state index in [9.17, 15) is 4.79 Å². The van der Waals surface area contributed by atoms with Crippen molar-refractivity contribution in [2.45, 2.75) is 26.4 Å². The average molecular weight is 390 g/mol. The lowest BCUT2D eigenvalue weighted by Crippen LogP contribution is -3.11.